The van der Waals surface area contributed by atoms with Gasteiger partial charge in [-0.3, -0.25) is 4.57 Å². The standard InChI is InChI=1S/2C7H6O2.C2H7O3P/c2*1-2-4-7-6(3-1)8-5-9-7;1-4-6(3)5-2/h2*1-4H,5H2;6H,1-2H3/i;;6D. The Morgan fingerprint density at radius 1 is 0.792 bits per heavy atom. The number of ether oxygens (including phenoxy) is 4. The van der Waals surface area contributed by atoms with Gasteiger partial charge in [0.1, 0.15) is 0 Å². The van der Waals surface area contributed by atoms with Crippen molar-refractivity contribution in [1.82, 2.24) is 0 Å². The summed E-state index contributed by atoms with van der Waals surface area (Å²) >= 11 is 0. The Bertz CT molecular complexity index is 622. The third-order valence-electron chi connectivity index (χ3n) is 2.85. The first-order valence-electron chi connectivity index (χ1n) is 7.44. The summed E-state index contributed by atoms with van der Waals surface area (Å²) in [6.07, 6.45) is 0. The lowest BCUT2D eigenvalue weighted by Crippen LogP contribution is -1.92. The van der Waals surface area contributed by atoms with E-state index in [1.54, 1.807) is 0 Å². The number of para-hydroxylation sites is 4. The molecule has 0 aromatic heterocycles. The van der Waals surface area contributed by atoms with Crippen molar-refractivity contribution in [2.45, 2.75) is 0 Å². The predicted molar refractivity (Wildman–Crippen MR) is 88.1 cm³/mol. The molecule has 2 aliphatic rings. The first-order valence-corrected chi connectivity index (χ1v) is 8.09. The second-order valence-electron chi connectivity index (χ2n) is 4.30. The van der Waals surface area contributed by atoms with Crippen LogP contribution in [0, 0.1) is 0 Å². The zero-order chi connectivity index (χ0) is 18.1. The summed E-state index contributed by atoms with van der Waals surface area (Å²) in [6.45, 7) is 0.721. The van der Waals surface area contributed by atoms with E-state index in [4.69, 9.17) is 20.2 Å². The highest BCUT2D eigenvalue weighted by molar-refractivity contribution is 7.33. The highest BCUT2D eigenvalue weighted by Gasteiger charge is 2.10. The summed E-state index contributed by atoms with van der Waals surface area (Å²) in [4.78, 5) is 0. The number of fused-ring (bicyclic) bond motifs is 2. The summed E-state index contributed by atoms with van der Waals surface area (Å²) in [5.74, 6) is 3.38. The van der Waals surface area contributed by atoms with Crippen LogP contribution < -0.4 is 18.9 Å². The van der Waals surface area contributed by atoms with Gasteiger partial charge in [0.2, 0.25) is 13.6 Å². The Balaban J connectivity index is 0.000000137. The zero-order valence-electron chi connectivity index (χ0n) is 14.3. The molecule has 0 N–H and O–H groups in total. The first-order chi connectivity index (χ1) is 12.1. The van der Waals surface area contributed by atoms with Gasteiger partial charge in [0, 0.05) is 14.2 Å². The molecule has 130 valence electrons. The molecule has 0 bridgehead atoms. The largest absolute Gasteiger partial charge is 0.454 e. The molecule has 2 aliphatic heterocycles. The lowest BCUT2D eigenvalue weighted by Gasteiger charge is -1.89. The molecule has 0 atom stereocenters. The molecule has 0 saturated heterocycles. The van der Waals surface area contributed by atoms with Gasteiger partial charge in [-0.2, -0.15) is 0 Å². The van der Waals surface area contributed by atoms with Crippen molar-refractivity contribution in [1.29, 1.82) is 1.28 Å². The maximum atomic E-state index is 10.2. The molecule has 7 nitrogen and oxygen atoms in total. The molecule has 2 aromatic rings. The number of benzene rings is 2. The molecular formula is C16H19O7P. The minimum atomic E-state index is -3.40. The van der Waals surface area contributed by atoms with E-state index in [1.165, 1.54) is 0 Å². The van der Waals surface area contributed by atoms with Crippen molar-refractivity contribution >= 4 is 8.20 Å². The molecule has 2 aromatic carbocycles. The Kier molecular flexibility index (Phi) is 6.81. The molecule has 0 unspecified atom stereocenters. The number of hydrogen-bond donors (Lipinski definition) is 0. The highest BCUT2D eigenvalue weighted by atomic mass is 31.1. The van der Waals surface area contributed by atoms with Crippen molar-refractivity contribution in [2.24, 2.45) is 0 Å². The minimum Gasteiger partial charge on any atom is -0.454 e. The van der Waals surface area contributed by atoms with Gasteiger partial charge in [-0.25, -0.2) is 0 Å². The van der Waals surface area contributed by atoms with Gasteiger partial charge in [0.05, 0.1) is 0 Å². The molecule has 0 aliphatic carbocycles. The van der Waals surface area contributed by atoms with E-state index in [2.05, 4.69) is 9.05 Å². The Morgan fingerprint density at radius 2 is 1.08 bits per heavy atom. The quantitative estimate of drug-likeness (QED) is 0.764. The molecule has 0 fully saturated rings. The number of rotatable bonds is 2. The van der Waals surface area contributed by atoms with E-state index in [1.807, 2.05) is 48.5 Å². The third kappa shape index (κ3) is 5.45. The normalized spacial score (nSPS) is 13.8. The maximum absolute atomic E-state index is 10.2. The van der Waals surface area contributed by atoms with Crippen LogP contribution in [0.25, 0.3) is 0 Å². The van der Waals surface area contributed by atoms with E-state index in [0.717, 1.165) is 37.2 Å². The van der Waals surface area contributed by atoms with Crippen LogP contribution in [0.3, 0.4) is 0 Å². The molecule has 2 heterocycles. The van der Waals surface area contributed by atoms with E-state index in [9.17, 15) is 4.57 Å². The molecule has 24 heavy (non-hydrogen) atoms. The minimum absolute atomic E-state index is 0.360. The van der Waals surface area contributed by atoms with Gasteiger partial charge in [0.15, 0.2) is 24.3 Å². The van der Waals surface area contributed by atoms with Crippen LogP contribution in [0.5, 0.6) is 23.0 Å². The summed E-state index contributed by atoms with van der Waals surface area (Å²) in [7, 11) is -1.08. The molecule has 0 amide bonds. The molecule has 0 spiro atoms. The van der Waals surface area contributed by atoms with Crippen LogP contribution in [0.15, 0.2) is 48.5 Å². The lowest BCUT2D eigenvalue weighted by molar-refractivity contribution is 0.173. The second kappa shape index (κ2) is 9.82. The smallest absolute Gasteiger partial charge is 0.318 e. The average Bonchev–Trinajstić information content (AvgIpc) is 3.31. The van der Waals surface area contributed by atoms with Gasteiger partial charge in [0.25, 0.3) is 0 Å². The molecule has 8 heteroatoms. The van der Waals surface area contributed by atoms with Crippen LogP contribution in [0.4, 0.5) is 0 Å². The van der Waals surface area contributed by atoms with Gasteiger partial charge < -0.3 is 28.0 Å². The van der Waals surface area contributed by atoms with Crippen LogP contribution in [-0.4, -0.2) is 29.1 Å². The van der Waals surface area contributed by atoms with Crippen molar-refractivity contribution in [3.05, 3.63) is 48.5 Å². The third-order valence-corrected chi connectivity index (χ3v) is 3.45. The Labute approximate surface area is 142 Å². The fraction of sp³-hybridized carbons (Fsp3) is 0.250. The summed E-state index contributed by atoms with van der Waals surface area (Å²) < 4.78 is 45.2. The van der Waals surface area contributed by atoms with Crippen LogP contribution >= 0.6 is 8.20 Å². The molecular weight excluding hydrogens is 335 g/mol. The fourth-order valence-electron chi connectivity index (χ4n) is 1.76. The van der Waals surface area contributed by atoms with Crippen LogP contribution in [0.2, 0.25) is 0 Å². The van der Waals surface area contributed by atoms with E-state index in [0.29, 0.717) is 13.6 Å². The molecule has 4 rings (SSSR count). The van der Waals surface area contributed by atoms with Crippen LogP contribution in [0.1, 0.15) is 0 Å². The SMILES string of the molecule is [2H]P(=O)(OC)OC.c1ccc2c(c1)OCO2.c1ccc2c(c1)OCO2. The van der Waals surface area contributed by atoms with Crippen molar-refractivity contribution in [3.8, 4) is 23.0 Å². The monoisotopic (exact) mass is 355 g/mol. The maximum Gasteiger partial charge on any atom is 0.318 e. The Morgan fingerprint density at radius 3 is 1.29 bits per heavy atom. The second-order valence-corrected chi connectivity index (χ2v) is 5.47. The predicted octanol–water partition coefficient (Wildman–Crippen LogP) is 3.50. The topological polar surface area (TPSA) is 72.5 Å². The fourth-order valence-corrected chi connectivity index (χ4v) is 1.91. The lowest BCUT2D eigenvalue weighted by atomic mass is 10.3. The summed E-state index contributed by atoms with van der Waals surface area (Å²) in [5, 5.41) is 0. The van der Waals surface area contributed by atoms with Crippen LogP contribution in [-0.2, 0) is 13.6 Å². The first kappa shape index (κ1) is 16.6. The van der Waals surface area contributed by atoms with E-state index >= 15 is 0 Å². The van der Waals surface area contributed by atoms with E-state index in [-0.39, 0.29) is 0 Å². The van der Waals surface area contributed by atoms with Crippen molar-refractivity contribution in [2.75, 3.05) is 27.8 Å². The Hall–Kier alpha value is -2.21. The van der Waals surface area contributed by atoms with Gasteiger partial charge in [-0.1, -0.05) is 24.3 Å². The molecule has 0 saturated carbocycles. The molecule has 0 radical (unpaired) electrons. The summed E-state index contributed by atoms with van der Waals surface area (Å²) in [5.41, 5.74) is 0. The highest BCUT2D eigenvalue weighted by Crippen LogP contribution is 2.31. The van der Waals surface area contributed by atoms with Crippen molar-refractivity contribution < 1.29 is 32.6 Å². The van der Waals surface area contributed by atoms with Gasteiger partial charge in [-0.15, -0.1) is 0 Å². The van der Waals surface area contributed by atoms with Crippen molar-refractivity contribution in [3.63, 3.8) is 0 Å². The van der Waals surface area contributed by atoms with Gasteiger partial charge in [-0.05, 0) is 24.3 Å². The van der Waals surface area contributed by atoms with E-state index < -0.39 is 8.20 Å². The average molecular weight is 355 g/mol. The number of hydrogen-bond acceptors (Lipinski definition) is 7. The zero-order valence-corrected chi connectivity index (χ0v) is 14.2. The summed E-state index contributed by atoms with van der Waals surface area (Å²) in [6, 6.07) is 15.3. The van der Waals surface area contributed by atoms with Gasteiger partial charge >= 0.3 is 8.20 Å².